The summed E-state index contributed by atoms with van der Waals surface area (Å²) in [6.07, 6.45) is 7.35. The van der Waals surface area contributed by atoms with Crippen LogP contribution in [0.3, 0.4) is 0 Å². The first kappa shape index (κ1) is 10.2. The van der Waals surface area contributed by atoms with Crippen LogP contribution in [0.5, 0.6) is 0 Å². The minimum Gasteiger partial charge on any atom is -0.297 e. The molecule has 0 aromatic carbocycles. The summed E-state index contributed by atoms with van der Waals surface area (Å²) in [6.45, 7) is 10.1. The van der Waals surface area contributed by atoms with Gasteiger partial charge in [-0.25, -0.2) is 0 Å². The molecular weight excluding hydrogens is 134 g/mol. The number of hydrogen-bond donors (Lipinski definition) is 0. The maximum Gasteiger partial charge on any atom is 0.0592 e. The van der Waals surface area contributed by atoms with Crippen molar-refractivity contribution in [3.8, 4) is 0 Å². The van der Waals surface area contributed by atoms with Crippen LogP contribution in [0.2, 0.25) is 0 Å². The molecule has 0 aromatic rings. The number of nitrogens with zero attached hydrogens (tertiary/aromatic N) is 1. The molecule has 0 N–H and O–H groups in total. The summed E-state index contributed by atoms with van der Waals surface area (Å²) >= 11 is 0. The van der Waals surface area contributed by atoms with Crippen LogP contribution in [0, 0.1) is 0 Å². The van der Waals surface area contributed by atoms with E-state index in [1.165, 1.54) is 12.0 Å². The lowest BCUT2D eigenvalue weighted by Crippen LogP contribution is -1.87. The highest BCUT2D eigenvalue weighted by Gasteiger charge is 1.91. The SMILES string of the molecule is C=CC/C=C(\CCC)CN=C. The number of allylic oxidation sites excluding steroid dienone is 2. The number of aliphatic imine (C=N–C) groups is 1. The smallest absolute Gasteiger partial charge is 0.0592 e. The highest BCUT2D eigenvalue weighted by atomic mass is 14.7. The molecule has 0 aliphatic heterocycles. The van der Waals surface area contributed by atoms with E-state index < -0.39 is 0 Å². The van der Waals surface area contributed by atoms with Crippen molar-refractivity contribution in [3.05, 3.63) is 24.3 Å². The summed E-state index contributed by atoms with van der Waals surface area (Å²) in [7, 11) is 0. The molecule has 0 heterocycles. The molecule has 1 heteroatoms. The van der Waals surface area contributed by atoms with Crippen molar-refractivity contribution in [1.29, 1.82) is 0 Å². The average Bonchev–Trinajstić information content (AvgIpc) is 2.01. The first-order valence-corrected chi connectivity index (χ1v) is 4.06. The van der Waals surface area contributed by atoms with Crippen molar-refractivity contribution in [2.24, 2.45) is 4.99 Å². The zero-order valence-electron chi connectivity index (χ0n) is 7.34. The van der Waals surface area contributed by atoms with Gasteiger partial charge < -0.3 is 0 Å². The Hall–Kier alpha value is -0.850. The molecule has 11 heavy (non-hydrogen) atoms. The van der Waals surface area contributed by atoms with E-state index >= 15 is 0 Å². The lowest BCUT2D eigenvalue weighted by atomic mass is 10.1. The largest absolute Gasteiger partial charge is 0.297 e. The molecule has 0 saturated heterocycles. The fraction of sp³-hybridized carbons (Fsp3) is 0.500. The van der Waals surface area contributed by atoms with Gasteiger partial charge in [0.25, 0.3) is 0 Å². The van der Waals surface area contributed by atoms with Gasteiger partial charge in [0.1, 0.15) is 0 Å². The molecule has 0 unspecified atom stereocenters. The third kappa shape index (κ3) is 5.59. The van der Waals surface area contributed by atoms with E-state index in [0.717, 1.165) is 19.4 Å². The van der Waals surface area contributed by atoms with Gasteiger partial charge in [-0.1, -0.05) is 31.1 Å². The Balaban J connectivity index is 3.84. The molecule has 0 aliphatic rings. The van der Waals surface area contributed by atoms with Crippen LogP contribution < -0.4 is 0 Å². The van der Waals surface area contributed by atoms with E-state index in [2.05, 4.69) is 31.3 Å². The topological polar surface area (TPSA) is 12.4 Å². The monoisotopic (exact) mass is 151 g/mol. The van der Waals surface area contributed by atoms with Crippen molar-refractivity contribution < 1.29 is 0 Å². The molecule has 0 atom stereocenters. The van der Waals surface area contributed by atoms with Crippen molar-refractivity contribution >= 4 is 6.72 Å². The molecule has 0 saturated carbocycles. The molecule has 0 bridgehead atoms. The van der Waals surface area contributed by atoms with Crippen LogP contribution in [0.25, 0.3) is 0 Å². The Morgan fingerprint density at radius 1 is 1.55 bits per heavy atom. The zero-order chi connectivity index (χ0) is 8.53. The van der Waals surface area contributed by atoms with Crippen LogP contribution in [0.15, 0.2) is 29.3 Å². The quantitative estimate of drug-likeness (QED) is 0.409. The summed E-state index contributed by atoms with van der Waals surface area (Å²) < 4.78 is 0. The second-order valence-electron chi connectivity index (χ2n) is 2.52. The van der Waals surface area contributed by atoms with E-state index in [1.54, 1.807) is 0 Å². The van der Waals surface area contributed by atoms with E-state index in [9.17, 15) is 0 Å². The lowest BCUT2D eigenvalue weighted by Gasteiger charge is -2.00. The average molecular weight is 151 g/mol. The first-order chi connectivity index (χ1) is 5.35. The van der Waals surface area contributed by atoms with Crippen LogP contribution >= 0.6 is 0 Å². The molecular formula is C10H17N. The molecule has 0 aromatic heterocycles. The Bertz CT molecular complexity index is 145. The summed E-state index contributed by atoms with van der Waals surface area (Å²) in [5, 5.41) is 0. The van der Waals surface area contributed by atoms with Gasteiger partial charge in [-0.05, 0) is 19.6 Å². The third-order valence-electron chi connectivity index (χ3n) is 1.46. The van der Waals surface area contributed by atoms with Gasteiger partial charge in [-0.15, -0.1) is 6.58 Å². The van der Waals surface area contributed by atoms with Gasteiger partial charge in [-0.3, -0.25) is 4.99 Å². The summed E-state index contributed by atoms with van der Waals surface area (Å²) in [4.78, 5) is 3.85. The van der Waals surface area contributed by atoms with Crippen LogP contribution in [-0.4, -0.2) is 13.3 Å². The van der Waals surface area contributed by atoms with E-state index in [0.29, 0.717) is 0 Å². The van der Waals surface area contributed by atoms with Crippen LogP contribution in [0.1, 0.15) is 26.2 Å². The first-order valence-electron chi connectivity index (χ1n) is 4.06. The molecule has 62 valence electrons. The molecule has 0 rings (SSSR count). The summed E-state index contributed by atoms with van der Waals surface area (Å²) in [5.74, 6) is 0. The molecule has 0 spiro atoms. The van der Waals surface area contributed by atoms with Gasteiger partial charge in [0.2, 0.25) is 0 Å². The minimum absolute atomic E-state index is 0.779. The lowest BCUT2D eigenvalue weighted by molar-refractivity contribution is 0.870. The van der Waals surface area contributed by atoms with Crippen molar-refractivity contribution in [2.75, 3.05) is 6.54 Å². The Morgan fingerprint density at radius 3 is 2.73 bits per heavy atom. The maximum atomic E-state index is 3.85. The predicted molar refractivity (Wildman–Crippen MR) is 52.2 cm³/mol. The Morgan fingerprint density at radius 2 is 2.27 bits per heavy atom. The molecule has 0 amide bonds. The normalized spacial score (nSPS) is 11.2. The maximum absolute atomic E-state index is 3.85. The standard InChI is InChI=1S/C10H17N/c1-4-6-8-10(7-5-2)9-11-3/h4,8H,1,3,5-7,9H2,2H3/b10-8+. The van der Waals surface area contributed by atoms with Crippen LogP contribution in [-0.2, 0) is 0 Å². The highest BCUT2D eigenvalue weighted by molar-refractivity contribution is 5.25. The van der Waals surface area contributed by atoms with Crippen molar-refractivity contribution in [3.63, 3.8) is 0 Å². The van der Waals surface area contributed by atoms with Crippen molar-refractivity contribution in [2.45, 2.75) is 26.2 Å². The molecule has 0 aliphatic carbocycles. The fourth-order valence-corrected chi connectivity index (χ4v) is 0.960. The van der Waals surface area contributed by atoms with Crippen molar-refractivity contribution in [1.82, 2.24) is 0 Å². The highest BCUT2D eigenvalue weighted by Crippen LogP contribution is 2.06. The zero-order valence-corrected chi connectivity index (χ0v) is 7.34. The summed E-state index contributed by atoms with van der Waals surface area (Å²) in [5.41, 5.74) is 1.38. The molecule has 0 radical (unpaired) electrons. The summed E-state index contributed by atoms with van der Waals surface area (Å²) in [6, 6.07) is 0. The Labute approximate surface area is 69.5 Å². The van der Waals surface area contributed by atoms with E-state index in [-0.39, 0.29) is 0 Å². The van der Waals surface area contributed by atoms with Crippen LogP contribution in [0.4, 0.5) is 0 Å². The van der Waals surface area contributed by atoms with E-state index in [4.69, 9.17) is 0 Å². The van der Waals surface area contributed by atoms with Gasteiger partial charge >= 0.3 is 0 Å². The second-order valence-corrected chi connectivity index (χ2v) is 2.52. The second kappa shape index (κ2) is 7.26. The van der Waals surface area contributed by atoms with Gasteiger partial charge in [0.15, 0.2) is 0 Å². The van der Waals surface area contributed by atoms with E-state index in [1.807, 2.05) is 6.08 Å². The third-order valence-corrected chi connectivity index (χ3v) is 1.46. The molecule has 1 nitrogen and oxygen atoms in total. The fourth-order valence-electron chi connectivity index (χ4n) is 0.960. The number of hydrogen-bond acceptors (Lipinski definition) is 1. The predicted octanol–water partition coefficient (Wildman–Crippen LogP) is 2.99. The molecule has 0 fully saturated rings. The van der Waals surface area contributed by atoms with Gasteiger partial charge in [0.05, 0.1) is 6.54 Å². The Kier molecular flexibility index (Phi) is 6.70. The number of rotatable bonds is 6. The van der Waals surface area contributed by atoms with Gasteiger partial charge in [-0.2, -0.15) is 0 Å². The van der Waals surface area contributed by atoms with Gasteiger partial charge in [0, 0.05) is 0 Å². The minimum atomic E-state index is 0.779.